The van der Waals surface area contributed by atoms with Gasteiger partial charge in [-0.1, -0.05) is 31.0 Å². The van der Waals surface area contributed by atoms with Gasteiger partial charge in [0.2, 0.25) is 5.95 Å². The van der Waals surface area contributed by atoms with Crippen molar-refractivity contribution in [2.75, 3.05) is 18.4 Å². The molecule has 0 radical (unpaired) electrons. The highest BCUT2D eigenvalue weighted by Crippen LogP contribution is 2.32. The first-order valence-corrected chi connectivity index (χ1v) is 11.9. The van der Waals surface area contributed by atoms with Gasteiger partial charge in [0, 0.05) is 18.7 Å². The maximum Gasteiger partial charge on any atom is 0.225 e. The summed E-state index contributed by atoms with van der Waals surface area (Å²) in [6.45, 7) is 4.47. The van der Waals surface area contributed by atoms with Gasteiger partial charge >= 0.3 is 0 Å². The van der Waals surface area contributed by atoms with Crippen molar-refractivity contribution in [2.24, 2.45) is 0 Å². The highest BCUT2D eigenvalue weighted by molar-refractivity contribution is 6.33. The lowest BCUT2D eigenvalue weighted by Gasteiger charge is -2.11. The van der Waals surface area contributed by atoms with E-state index in [-0.39, 0.29) is 28.6 Å². The second kappa shape index (κ2) is 11.5. The summed E-state index contributed by atoms with van der Waals surface area (Å²) in [4.78, 5) is 13.4. The van der Waals surface area contributed by atoms with Crippen LogP contribution in [0.2, 0.25) is 5.02 Å². The van der Waals surface area contributed by atoms with Gasteiger partial charge in [-0.15, -0.1) is 0 Å². The molecule has 0 aliphatic rings. The van der Waals surface area contributed by atoms with E-state index in [0.29, 0.717) is 23.5 Å². The molecular weight excluding hydrogens is 477 g/mol. The van der Waals surface area contributed by atoms with E-state index in [0.717, 1.165) is 50.6 Å². The van der Waals surface area contributed by atoms with Gasteiger partial charge < -0.3 is 15.2 Å². The van der Waals surface area contributed by atoms with Crippen LogP contribution in [0, 0.1) is 17.5 Å². The number of unbranched alkanes of at least 4 members (excludes halogenated alkanes) is 2. The van der Waals surface area contributed by atoms with Crippen molar-refractivity contribution in [1.29, 1.82) is 0 Å². The number of anilines is 1. The van der Waals surface area contributed by atoms with Crippen molar-refractivity contribution >= 4 is 28.7 Å². The molecule has 0 saturated carbocycles. The second-order valence-corrected chi connectivity index (χ2v) is 8.50. The minimum Gasteiger partial charge on any atom is -0.350 e. The maximum absolute atomic E-state index is 14.8. The van der Waals surface area contributed by atoms with Crippen LogP contribution >= 0.6 is 11.6 Å². The summed E-state index contributed by atoms with van der Waals surface area (Å²) < 4.78 is 44.1. The number of benzene rings is 2. The van der Waals surface area contributed by atoms with Crippen molar-refractivity contribution in [1.82, 2.24) is 24.8 Å². The molecule has 2 aromatic carbocycles. The third-order valence-corrected chi connectivity index (χ3v) is 5.92. The Bertz CT molecular complexity index is 1290. The van der Waals surface area contributed by atoms with Gasteiger partial charge in [0.15, 0.2) is 5.65 Å². The lowest BCUT2D eigenvalue weighted by molar-refractivity contribution is 0.570. The van der Waals surface area contributed by atoms with Crippen molar-refractivity contribution < 1.29 is 13.2 Å². The number of hydrogen-bond donors (Lipinski definition) is 2. The molecule has 0 bridgehead atoms. The number of aromatic nitrogens is 4. The Hall–Kier alpha value is -3.17. The summed E-state index contributed by atoms with van der Waals surface area (Å²) in [5.74, 6) is -0.940. The first-order valence-electron chi connectivity index (χ1n) is 11.5. The van der Waals surface area contributed by atoms with Crippen molar-refractivity contribution in [2.45, 2.75) is 39.3 Å². The largest absolute Gasteiger partial charge is 0.350 e. The zero-order valence-electron chi connectivity index (χ0n) is 19.3. The summed E-state index contributed by atoms with van der Waals surface area (Å²) in [7, 11) is 0. The summed E-state index contributed by atoms with van der Waals surface area (Å²) in [5.41, 5.74) is 1.34. The zero-order chi connectivity index (χ0) is 24.8. The van der Waals surface area contributed by atoms with Crippen LogP contribution in [0.3, 0.4) is 0 Å². The van der Waals surface area contributed by atoms with Gasteiger partial charge in [0.25, 0.3) is 0 Å². The van der Waals surface area contributed by atoms with E-state index in [9.17, 15) is 13.2 Å². The summed E-state index contributed by atoms with van der Waals surface area (Å²) in [6.07, 6.45) is 4.33. The Morgan fingerprint density at radius 1 is 1.00 bits per heavy atom. The van der Waals surface area contributed by atoms with Gasteiger partial charge in [0.05, 0.1) is 16.8 Å². The number of hydrogen-bond acceptors (Lipinski definition) is 5. The molecule has 0 unspecified atom stereocenters. The van der Waals surface area contributed by atoms with Crippen molar-refractivity contribution in [3.05, 3.63) is 70.6 Å². The average molecular weight is 503 g/mol. The van der Waals surface area contributed by atoms with E-state index < -0.39 is 17.5 Å². The van der Waals surface area contributed by atoms with Crippen LogP contribution in [0.5, 0.6) is 0 Å². The molecule has 0 amide bonds. The zero-order valence-corrected chi connectivity index (χ0v) is 20.0. The first kappa shape index (κ1) is 24.9. The highest BCUT2D eigenvalue weighted by Gasteiger charge is 2.20. The summed E-state index contributed by atoms with van der Waals surface area (Å²) in [5, 5.41) is 6.48. The van der Waals surface area contributed by atoms with E-state index in [2.05, 4.69) is 32.5 Å². The van der Waals surface area contributed by atoms with Crippen LogP contribution in [0.15, 0.2) is 42.6 Å². The lowest BCUT2D eigenvalue weighted by atomic mass is 10.2. The molecular formula is C25H26ClF3N6. The number of nitrogens with one attached hydrogen (secondary N) is 2. The molecule has 0 atom stereocenters. The van der Waals surface area contributed by atoms with Crippen molar-refractivity contribution in [3.63, 3.8) is 0 Å². The molecule has 10 heteroatoms. The van der Waals surface area contributed by atoms with Crippen LogP contribution in [-0.4, -0.2) is 32.6 Å². The average Bonchev–Trinajstić information content (AvgIpc) is 3.19. The number of nitrogens with zero attached hydrogens (tertiary/aromatic N) is 4. The monoisotopic (exact) mass is 502 g/mol. The summed E-state index contributed by atoms with van der Waals surface area (Å²) >= 11 is 6.34. The summed E-state index contributed by atoms with van der Waals surface area (Å²) in [6, 6.07) is 7.76. The Morgan fingerprint density at radius 3 is 2.66 bits per heavy atom. The number of aryl methyl sites for hydroxylation is 1. The Labute approximate surface area is 206 Å². The molecule has 0 aliphatic heterocycles. The Morgan fingerprint density at radius 2 is 1.86 bits per heavy atom. The van der Waals surface area contributed by atoms with Gasteiger partial charge in [-0.2, -0.15) is 4.98 Å². The first-order chi connectivity index (χ1) is 17.0. The van der Waals surface area contributed by atoms with Crippen LogP contribution in [0.25, 0.3) is 22.6 Å². The molecule has 0 saturated heterocycles. The van der Waals surface area contributed by atoms with Crippen LogP contribution < -0.4 is 10.6 Å². The molecule has 6 nitrogen and oxygen atoms in total. The van der Waals surface area contributed by atoms with Gasteiger partial charge in [0.1, 0.15) is 28.8 Å². The van der Waals surface area contributed by atoms with Crippen LogP contribution in [0.1, 0.15) is 31.7 Å². The Kier molecular flexibility index (Phi) is 8.20. The topological polar surface area (TPSA) is 67.7 Å². The highest BCUT2D eigenvalue weighted by atomic mass is 35.5. The fourth-order valence-corrected chi connectivity index (χ4v) is 4.09. The van der Waals surface area contributed by atoms with Crippen LogP contribution in [-0.2, 0) is 13.1 Å². The molecule has 4 aromatic rings. The smallest absolute Gasteiger partial charge is 0.225 e. The van der Waals surface area contributed by atoms with Gasteiger partial charge in [-0.05, 0) is 56.3 Å². The molecule has 2 N–H and O–H groups in total. The van der Waals surface area contributed by atoms with E-state index >= 15 is 0 Å². The van der Waals surface area contributed by atoms with Gasteiger partial charge in [-0.3, -0.25) is 0 Å². The third kappa shape index (κ3) is 5.91. The normalized spacial score (nSPS) is 11.3. The van der Waals surface area contributed by atoms with Crippen molar-refractivity contribution in [3.8, 4) is 11.4 Å². The van der Waals surface area contributed by atoms with E-state index in [4.69, 9.17) is 11.6 Å². The predicted octanol–water partition coefficient (Wildman–Crippen LogP) is 5.96. The standard InChI is InChI=1S/C25H26ClF3N6/c1-2-30-11-4-3-5-12-35-23-21(33-24(35)22-18(26)7-6-8-20(22)29)15-32-25(34-23)31-14-16-13-17(27)9-10-19(16)28/h6-10,13,15,30H,2-5,11-12,14H2,1H3,(H,31,32,34). The Balaban J connectivity index is 1.64. The number of fused-ring (bicyclic) bond motifs is 1. The maximum atomic E-state index is 14.8. The second-order valence-electron chi connectivity index (χ2n) is 8.09. The minimum absolute atomic E-state index is 0.000333. The van der Waals surface area contributed by atoms with E-state index in [1.54, 1.807) is 12.1 Å². The lowest BCUT2D eigenvalue weighted by Crippen LogP contribution is -2.14. The SMILES string of the molecule is CCNCCCCCn1c(-c2c(F)cccc2Cl)nc2cnc(NCc3cc(F)ccc3F)nc21. The molecule has 0 fully saturated rings. The molecule has 184 valence electrons. The third-order valence-electron chi connectivity index (χ3n) is 5.60. The van der Waals surface area contributed by atoms with E-state index in [1.807, 2.05) is 4.57 Å². The predicted molar refractivity (Wildman–Crippen MR) is 132 cm³/mol. The van der Waals surface area contributed by atoms with E-state index in [1.165, 1.54) is 12.3 Å². The molecule has 2 aromatic heterocycles. The number of imidazole rings is 1. The molecule has 2 heterocycles. The molecule has 0 spiro atoms. The fraction of sp³-hybridized carbons (Fsp3) is 0.320. The quantitative estimate of drug-likeness (QED) is 0.248. The van der Waals surface area contributed by atoms with Gasteiger partial charge in [-0.25, -0.2) is 23.1 Å². The molecule has 4 rings (SSSR count). The number of rotatable bonds is 11. The number of halogens is 4. The minimum atomic E-state index is -0.529. The van der Waals surface area contributed by atoms with Crippen LogP contribution in [0.4, 0.5) is 19.1 Å². The fourth-order valence-electron chi connectivity index (χ4n) is 3.84. The molecule has 0 aliphatic carbocycles. The molecule has 35 heavy (non-hydrogen) atoms.